The molecule has 8 heteroatoms. The minimum absolute atomic E-state index is 0.0493. The normalized spacial score (nSPS) is 12.2. The highest BCUT2D eigenvalue weighted by atomic mass is 32.2. The third-order valence-corrected chi connectivity index (χ3v) is 4.06. The Morgan fingerprint density at radius 1 is 1.40 bits per heavy atom. The van der Waals surface area contributed by atoms with E-state index in [-0.39, 0.29) is 11.6 Å². The van der Waals surface area contributed by atoms with Gasteiger partial charge in [0.05, 0.1) is 6.61 Å². The number of H-pyrrole nitrogens is 1. The summed E-state index contributed by atoms with van der Waals surface area (Å²) >= 11 is 0. The molecule has 116 valence electrons. The minimum Gasteiger partial charge on any atom is -0.380 e. The number of sulfonamides is 1. The molecule has 0 atom stereocenters. The summed E-state index contributed by atoms with van der Waals surface area (Å²) in [5.74, 6) is 0.433. The van der Waals surface area contributed by atoms with E-state index in [0.29, 0.717) is 31.2 Å². The van der Waals surface area contributed by atoms with Crippen LogP contribution in [0.1, 0.15) is 25.1 Å². The summed E-state index contributed by atoms with van der Waals surface area (Å²) < 4.78 is 32.2. The van der Waals surface area contributed by atoms with Crippen molar-refractivity contribution in [2.24, 2.45) is 5.92 Å². The average Bonchev–Trinajstić information content (AvgIpc) is 2.71. The summed E-state index contributed by atoms with van der Waals surface area (Å²) in [7, 11) is -1.85. The van der Waals surface area contributed by atoms with Crippen LogP contribution in [-0.4, -0.2) is 45.4 Å². The van der Waals surface area contributed by atoms with Crippen molar-refractivity contribution in [2.45, 2.75) is 32.3 Å². The van der Waals surface area contributed by atoms with Crippen LogP contribution in [0.25, 0.3) is 0 Å². The first kappa shape index (κ1) is 17.1. The van der Waals surface area contributed by atoms with Crippen molar-refractivity contribution in [1.82, 2.24) is 20.2 Å². The lowest BCUT2D eigenvalue weighted by Crippen LogP contribution is -2.29. The van der Waals surface area contributed by atoms with Gasteiger partial charge in [0.1, 0.15) is 0 Å². The van der Waals surface area contributed by atoms with Gasteiger partial charge in [0.2, 0.25) is 0 Å². The molecule has 1 aromatic rings. The molecule has 1 aromatic heterocycles. The molecule has 0 amide bonds. The molecule has 7 nitrogen and oxygen atoms in total. The highest BCUT2D eigenvalue weighted by molar-refractivity contribution is 7.89. The fraction of sp³-hybridized carbons (Fsp3) is 0.750. The third kappa shape index (κ3) is 4.86. The molecular weight excluding hydrogens is 280 g/mol. The van der Waals surface area contributed by atoms with E-state index in [9.17, 15) is 8.42 Å². The molecule has 0 bridgehead atoms. The van der Waals surface area contributed by atoms with Gasteiger partial charge in [-0.25, -0.2) is 13.1 Å². The number of nitrogens with zero attached hydrogens (tertiary/aromatic N) is 1. The van der Waals surface area contributed by atoms with E-state index < -0.39 is 10.0 Å². The number of ether oxygens (including phenoxy) is 1. The summed E-state index contributed by atoms with van der Waals surface area (Å²) in [4.78, 5) is 0. The standard InChI is InChI=1S/C12H24N4O3S/c1-9(2)8-19-6-5-14-20(17,18)12-11(7-13-4)10(3)15-16-12/h9,13-14H,5-8H2,1-4H3,(H,15,16). The second-order valence-electron chi connectivity index (χ2n) is 5.03. The lowest BCUT2D eigenvalue weighted by atomic mass is 10.2. The number of aryl methyl sites for hydroxylation is 1. The maximum Gasteiger partial charge on any atom is 0.260 e. The summed E-state index contributed by atoms with van der Waals surface area (Å²) in [5, 5.41) is 9.57. The fourth-order valence-electron chi connectivity index (χ4n) is 1.67. The zero-order chi connectivity index (χ0) is 15.2. The number of nitrogens with one attached hydrogen (secondary N) is 3. The summed E-state index contributed by atoms with van der Waals surface area (Å²) in [6, 6.07) is 0. The largest absolute Gasteiger partial charge is 0.380 e. The van der Waals surface area contributed by atoms with Crippen LogP contribution in [0.3, 0.4) is 0 Å². The van der Waals surface area contributed by atoms with Gasteiger partial charge in [-0.05, 0) is 19.9 Å². The predicted octanol–water partition coefficient (Wildman–Crippen LogP) is 0.388. The molecule has 0 saturated carbocycles. The molecule has 0 aliphatic heterocycles. The maximum atomic E-state index is 12.2. The van der Waals surface area contributed by atoms with Crippen molar-refractivity contribution in [3.8, 4) is 0 Å². The third-order valence-electron chi connectivity index (χ3n) is 2.63. The molecular formula is C12H24N4O3S. The monoisotopic (exact) mass is 304 g/mol. The fourth-order valence-corrected chi connectivity index (χ4v) is 2.88. The van der Waals surface area contributed by atoms with Crippen LogP contribution < -0.4 is 10.0 Å². The number of aromatic amines is 1. The number of hydrogen-bond acceptors (Lipinski definition) is 5. The lowest BCUT2D eigenvalue weighted by Gasteiger charge is -2.09. The van der Waals surface area contributed by atoms with Crippen LogP contribution in [0.4, 0.5) is 0 Å². The van der Waals surface area contributed by atoms with E-state index in [0.717, 1.165) is 5.69 Å². The van der Waals surface area contributed by atoms with E-state index >= 15 is 0 Å². The van der Waals surface area contributed by atoms with Gasteiger partial charge in [0.15, 0.2) is 5.03 Å². The molecule has 20 heavy (non-hydrogen) atoms. The van der Waals surface area contributed by atoms with E-state index in [1.807, 2.05) is 13.8 Å². The lowest BCUT2D eigenvalue weighted by molar-refractivity contribution is 0.114. The molecule has 3 N–H and O–H groups in total. The maximum absolute atomic E-state index is 12.2. The van der Waals surface area contributed by atoms with Crippen LogP contribution in [-0.2, 0) is 21.3 Å². The van der Waals surface area contributed by atoms with Gasteiger partial charge in [-0.2, -0.15) is 5.10 Å². The van der Waals surface area contributed by atoms with Gasteiger partial charge < -0.3 is 10.1 Å². The van der Waals surface area contributed by atoms with Crippen molar-refractivity contribution >= 4 is 10.0 Å². The molecule has 1 heterocycles. The van der Waals surface area contributed by atoms with Crippen LogP contribution in [0.5, 0.6) is 0 Å². The topological polar surface area (TPSA) is 96.1 Å². The van der Waals surface area contributed by atoms with E-state index in [2.05, 4.69) is 20.2 Å². The summed E-state index contributed by atoms with van der Waals surface area (Å²) in [6.45, 7) is 7.53. The second-order valence-corrected chi connectivity index (χ2v) is 6.71. The Bertz CT molecular complexity index is 511. The average molecular weight is 304 g/mol. The van der Waals surface area contributed by atoms with Gasteiger partial charge in [-0.15, -0.1) is 0 Å². The van der Waals surface area contributed by atoms with Crippen molar-refractivity contribution in [3.63, 3.8) is 0 Å². The number of hydrogen-bond donors (Lipinski definition) is 3. The highest BCUT2D eigenvalue weighted by Crippen LogP contribution is 2.15. The molecule has 0 fully saturated rings. The van der Waals surface area contributed by atoms with Gasteiger partial charge in [0.25, 0.3) is 10.0 Å². The quantitative estimate of drug-likeness (QED) is 0.574. The molecule has 0 radical (unpaired) electrons. The van der Waals surface area contributed by atoms with E-state index in [1.54, 1.807) is 14.0 Å². The Kier molecular flexibility index (Phi) is 6.60. The van der Waals surface area contributed by atoms with Crippen LogP contribution in [0, 0.1) is 12.8 Å². The Balaban J connectivity index is 2.60. The zero-order valence-corrected chi connectivity index (χ0v) is 13.3. The second kappa shape index (κ2) is 7.72. The molecule has 0 aliphatic rings. The Morgan fingerprint density at radius 2 is 2.10 bits per heavy atom. The van der Waals surface area contributed by atoms with Crippen molar-refractivity contribution in [1.29, 1.82) is 0 Å². The summed E-state index contributed by atoms with van der Waals surface area (Å²) in [6.07, 6.45) is 0. The molecule has 0 aliphatic carbocycles. The van der Waals surface area contributed by atoms with E-state index in [1.165, 1.54) is 0 Å². The number of rotatable bonds is 9. The first-order valence-electron chi connectivity index (χ1n) is 6.64. The SMILES string of the molecule is CNCc1c(S(=O)(=O)NCCOCC(C)C)n[nH]c1C. The first-order valence-corrected chi connectivity index (χ1v) is 8.12. The Morgan fingerprint density at radius 3 is 2.70 bits per heavy atom. The number of aromatic nitrogens is 2. The van der Waals surface area contributed by atoms with Gasteiger partial charge in [-0.3, -0.25) is 5.10 Å². The smallest absolute Gasteiger partial charge is 0.260 e. The molecule has 0 unspecified atom stereocenters. The zero-order valence-electron chi connectivity index (χ0n) is 12.5. The predicted molar refractivity (Wildman–Crippen MR) is 76.9 cm³/mol. The van der Waals surface area contributed by atoms with E-state index in [4.69, 9.17) is 4.74 Å². The van der Waals surface area contributed by atoms with Gasteiger partial charge >= 0.3 is 0 Å². The van der Waals surface area contributed by atoms with Gasteiger partial charge in [-0.1, -0.05) is 13.8 Å². The minimum atomic E-state index is -3.61. The van der Waals surface area contributed by atoms with Crippen molar-refractivity contribution in [3.05, 3.63) is 11.3 Å². The first-order chi connectivity index (χ1) is 9.38. The highest BCUT2D eigenvalue weighted by Gasteiger charge is 2.22. The molecule has 0 saturated heterocycles. The Hall–Kier alpha value is -0.960. The molecule has 1 rings (SSSR count). The van der Waals surface area contributed by atoms with Crippen LogP contribution in [0.15, 0.2) is 5.03 Å². The van der Waals surface area contributed by atoms with Crippen molar-refractivity contribution < 1.29 is 13.2 Å². The summed E-state index contributed by atoms with van der Waals surface area (Å²) in [5.41, 5.74) is 1.40. The molecule has 0 aromatic carbocycles. The van der Waals surface area contributed by atoms with Crippen LogP contribution >= 0.6 is 0 Å². The van der Waals surface area contributed by atoms with Crippen LogP contribution in [0.2, 0.25) is 0 Å². The molecule has 0 spiro atoms. The van der Waals surface area contributed by atoms with Gasteiger partial charge in [0, 0.05) is 31.0 Å². The Labute approximate surface area is 120 Å². The van der Waals surface area contributed by atoms with Crippen molar-refractivity contribution in [2.75, 3.05) is 26.8 Å².